The van der Waals surface area contributed by atoms with E-state index in [2.05, 4.69) is 22.5 Å². The van der Waals surface area contributed by atoms with Gasteiger partial charge in [0.25, 0.3) is 5.91 Å². The Bertz CT molecular complexity index is 352. The minimum absolute atomic E-state index is 0.0962. The third-order valence-corrected chi connectivity index (χ3v) is 2.39. The van der Waals surface area contributed by atoms with Crippen molar-refractivity contribution in [2.75, 3.05) is 20.1 Å². The van der Waals surface area contributed by atoms with Crippen molar-refractivity contribution in [1.82, 2.24) is 15.6 Å². The molecule has 0 aromatic carbocycles. The Labute approximate surface area is 96.5 Å². The number of aryl methyl sites for hydroxylation is 1. The highest BCUT2D eigenvalue weighted by Crippen LogP contribution is 2.02. The Morgan fingerprint density at radius 1 is 1.50 bits per heavy atom. The van der Waals surface area contributed by atoms with E-state index in [1.807, 2.05) is 26.1 Å². The van der Waals surface area contributed by atoms with Gasteiger partial charge in [-0.25, -0.2) is 0 Å². The average molecular weight is 221 g/mol. The Morgan fingerprint density at radius 3 is 2.88 bits per heavy atom. The first-order chi connectivity index (χ1) is 7.65. The molecular formula is C12H19N3O. The molecule has 0 aliphatic carbocycles. The number of rotatable bonds is 5. The third-order valence-electron chi connectivity index (χ3n) is 2.39. The van der Waals surface area contributed by atoms with Gasteiger partial charge < -0.3 is 10.6 Å². The van der Waals surface area contributed by atoms with E-state index in [-0.39, 0.29) is 5.91 Å². The fraction of sp³-hybridized carbons (Fsp3) is 0.500. The van der Waals surface area contributed by atoms with Crippen LogP contribution in [0.4, 0.5) is 0 Å². The zero-order valence-corrected chi connectivity index (χ0v) is 10.1. The van der Waals surface area contributed by atoms with E-state index in [1.165, 1.54) is 0 Å². The molecule has 0 fully saturated rings. The molecule has 4 nitrogen and oxygen atoms in total. The number of pyridine rings is 1. The number of carbonyl (C=O) groups is 1. The van der Waals surface area contributed by atoms with Crippen LogP contribution in [0.25, 0.3) is 0 Å². The van der Waals surface area contributed by atoms with Crippen LogP contribution in [0.3, 0.4) is 0 Å². The quantitative estimate of drug-likeness (QED) is 0.779. The van der Waals surface area contributed by atoms with E-state index >= 15 is 0 Å². The number of hydrogen-bond acceptors (Lipinski definition) is 3. The van der Waals surface area contributed by atoms with Crippen molar-refractivity contribution in [1.29, 1.82) is 0 Å². The van der Waals surface area contributed by atoms with Gasteiger partial charge in [0.15, 0.2) is 0 Å². The van der Waals surface area contributed by atoms with Crippen LogP contribution in [0.5, 0.6) is 0 Å². The van der Waals surface area contributed by atoms with Gasteiger partial charge in [0.1, 0.15) is 5.69 Å². The minimum Gasteiger partial charge on any atom is -0.350 e. The van der Waals surface area contributed by atoms with Gasteiger partial charge in [-0.2, -0.15) is 0 Å². The second-order valence-corrected chi connectivity index (χ2v) is 4.04. The maximum atomic E-state index is 11.8. The standard InChI is InChI=1S/C12H19N3O/c1-9(7-13-3)8-15-12(16)11-10(2)5-4-6-14-11/h4-6,9,13H,7-8H2,1-3H3,(H,15,16). The van der Waals surface area contributed by atoms with Gasteiger partial charge in [-0.15, -0.1) is 0 Å². The van der Waals surface area contributed by atoms with Crippen LogP contribution < -0.4 is 10.6 Å². The summed E-state index contributed by atoms with van der Waals surface area (Å²) < 4.78 is 0. The van der Waals surface area contributed by atoms with Crippen LogP contribution in [-0.4, -0.2) is 31.0 Å². The predicted octanol–water partition coefficient (Wildman–Crippen LogP) is 0.975. The van der Waals surface area contributed by atoms with Crippen molar-refractivity contribution in [3.8, 4) is 0 Å². The van der Waals surface area contributed by atoms with Crippen LogP contribution in [0.2, 0.25) is 0 Å². The second-order valence-electron chi connectivity index (χ2n) is 4.04. The van der Waals surface area contributed by atoms with Gasteiger partial charge in [-0.3, -0.25) is 9.78 Å². The zero-order chi connectivity index (χ0) is 12.0. The normalized spacial score (nSPS) is 12.2. The van der Waals surface area contributed by atoms with Crippen LogP contribution >= 0.6 is 0 Å². The van der Waals surface area contributed by atoms with E-state index < -0.39 is 0 Å². The molecule has 1 unspecified atom stereocenters. The van der Waals surface area contributed by atoms with Crippen LogP contribution in [0, 0.1) is 12.8 Å². The summed E-state index contributed by atoms with van der Waals surface area (Å²) in [6, 6.07) is 3.72. The fourth-order valence-corrected chi connectivity index (χ4v) is 1.49. The lowest BCUT2D eigenvalue weighted by atomic mass is 10.1. The lowest BCUT2D eigenvalue weighted by molar-refractivity contribution is 0.0942. The first-order valence-corrected chi connectivity index (χ1v) is 5.49. The monoisotopic (exact) mass is 221 g/mol. The van der Waals surface area contributed by atoms with Gasteiger partial charge in [-0.1, -0.05) is 13.0 Å². The van der Waals surface area contributed by atoms with Crippen molar-refractivity contribution >= 4 is 5.91 Å². The van der Waals surface area contributed by atoms with E-state index in [9.17, 15) is 4.79 Å². The van der Waals surface area contributed by atoms with Gasteiger partial charge in [0.05, 0.1) is 0 Å². The number of aromatic nitrogens is 1. The highest BCUT2D eigenvalue weighted by molar-refractivity contribution is 5.93. The summed E-state index contributed by atoms with van der Waals surface area (Å²) in [4.78, 5) is 15.9. The third kappa shape index (κ3) is 3.62. The molecule has 1 aromatic heterocycles. The first kappa shape index (κ1) is 12.6. The summed E-state index contributed by atoms with van der Waals surface area (Å²) in [6.45, 7) is 5.53. The van der Waals surface area contributed by atoms with Crippen molar-refractivity contribution in [2.45, 2.75) is 13.8 Å². The van der Waals surface area contributed by atoms with Gasteiger partial charge in [-0.05, 0) is 38.1 Å². The van der Waals surface area contributed by atoms with Crippen LogP contribution in [0.15, 0.2) is 18.3 Å². The molecule has 88 valence electrons. The van der Waals surface area contributed by atoms with E-state index in [0.29, 0.717) is 18.2 Å². The van der Waals surface area contributed by atoms with Gasteiger partial charge >= 0.3 is 0 Å². The maximum absolute atomic E-state index is 11.8. The molecule has 0 bridgehead atoms. The van der Waals surface area contributed by atoms with E-state index in [4.69, 9.17) is 0 Å². The van der Waals surface area contributed by atoms with Crippen molar-refractivity contribution in [2.24, 2.45) is 5.92 Å². The molecular weight excluding hydrogens is 202 g/mol. The molecule has 2 N–H and O–H groups in total. The molecule has 1 aromatic rings. The maximum Gasteiger partial charge on any atom is 0.270 e. The average Bonchev–Trinajstić information content (AvgIpc) is 2.27. The molecule has 0 radical (unpaired) electrons. The molecule has 1 atom stereocenters. The molecule has 1 amide bonds. The molecule has 0 saturated carbocycles. The minimum atomic E-state index is -0.0962. The summed E-state index contributed by atoms with van der Waals surface area (Å²) in [6.07, 6.45) is 1.64. The molecule has 1 heterocycles. The molecule has 0 aliphatic heterocycles. The zero-order valence-electron chi connectivity index (χ0n) is 10.1. The summed E-state index contributed by atoms with van der Waals surface area (Å²) in [7, 11) is 1.90. The summed E-state index contributed by atoms with van der Waals surface area (Å²) >= 11 is 0. The van der Waals surface area contributed by atoms with Crippen LogP contribution in [0.1, 0.15) is 23.0 Å². The van der Waals surface area contributed by atoms with Crippen molar-refractivity contribution in [3.05, 3.63) is 29.6 Å². The SMILES string of the molecule is CNCC(C)CNC(=O)c1ncccc1C. The summed E-state index contributed by atoms with van der Waals surface area (Å²) in [5, 5.41) is 5.96. The van der Waals surface area contributed by atoms with Gasteiger partial charge in [0.2, 0.25) is 0 Å². The smallest absolute Gasteiger partial charge is 0.270 e. The highest BCUT2D eigenvalue weighted by atomic mass is 16.1. The molecule has 0 aliphatic rings. The summed E-state index contributed by atoms with van der Waals surface area (Å²) in [5.41, 5.74) is 1.42. The topological polar surface area (TPSA) is 54.0 Å². The number of carbonyl (C=O) groups excluding carboxylic acids is 1. The Kier molecular flexibility index (Phi) is 4.92. The summed E-state index contributed by atoms with van der Waals surface area (Å²) in [5.74, 6) is 0.319. The Morgan fingerprint density at radius 2 is 2.25 bits per heavy atom. The second kappa shape index (κ2) is 6.23. The van der Waals surface area contributed by atoms with Crippen molar-refractivity contribution < 1.29 is 4.79 Å². The Hall–Kier alpha value is -1.42. The fourth-order valence-electron chi connectivity index (χ4n) is 1.49. The lowest BCUT2D eigenvalue weighted by Crippen LogP contribution is -2.33. The molecule has 4 heteroatoms. The first-order valence-electron chi connectivity index (χ1n) is 5.49. The van der Waals surface area contributed by atoms with E-state index in [0.717, 1.165) is 12.1 Å². The number of amides is 1. The molecule has 16 heavy (non-hydrogen) atoms. The molecule has 1 rings (SSSR count). The number of hydrogen-bond donors (Lipinski definition) is 2. The Balaban J connectivity index is 2.50. The lowest BCUT2D eigenvalue weighted by Gasteiger charge is -2.12. The predicted molar refractivity (Wildman–Crippen MR) is 64.4 cm³/mol. The van der Waals surface area contributed by atoms with Gasteiger partial charge in [0, 0.05) is 12.7 Å². The van der Waals surface area contributed by atoms with Crippen molar-refractivity contribution in [3.63, 3.8) is 0 Å². The molecule has 0 spiro atoms. The largest absolute Gasteiger partial charge is 0.350 e. The number of nitrogens with zero attached hydrogens (tertiary/aromatic N) is 1. The van der Waals surface area contributed by atoms with E-state index in [1.54, 1.807) is 6.20 Å². The number of nitrogens with one attached hydrogen (secondary N) is 2. The van der Waals surface area contributed by atoms with Crippen LogP contribution in [-0.2, 0) is 0 Å². The molecule has 0 saturated heterocycles. The highest BCUT2D eigenvalue weighted by Gasteiger charge is 2.10.